The molecule has 0 saturated heterocycles. The van der Waals surface area contributed by atoms with Crippen LogP contribution in [0.2, 0.25) is 0 Å². The number of benzene rings is 1. The molecule has 0 bridgehead atoms. The molecule has 4 aromatic heterocycles. The normalized spacial score (nSPS) is 11.6. The second kappa shape index (κ2) is 9.87. The number of aryl methyl sites for hydroxylation is 1. The van der Waals surface area contributed by atoms with Gasteiger partial charge in [-0.25, -0.2) is 18.6 Å². The number of halogens is 1. The molecule has 0 aliphatic heterocycles. The van der Waals surface area contributed by atoms with E-state index >= 15 is 4.39 Å². The summed E-state index contributed by atoms with van der Waals surface area (Å²) in [4.78, 5) is 20.0. The summed E-state index contributed by atoms with van der Waals surface area (Å²) in [7, 11) is 0. The predicted molar refractivity (Wildman–Crippen MR) is 139 cm³/mol. The van der Waals surface area contributed by atoms with Gasteiger partial charge in [0.25, 0.3) is 5.91 Å². The highest BCUT2D eigenvalue weighted by molar-refractivity contribution is 6.08. The predicted octanol–water partition coefficient (Wildman–Crippen LogP) is 4.79. The fraction of sp³-hybridized carbons (Fsp3) is 0.259. The van der Waals surface area contributed by atoms with Crippen LogP contribution in [0, 0.1) is 12.7 Å². The number of pyridine rings is 2. The van der Waals surface area contributed by atoms with Gasteiger partial charge in [-0.05, 0) is 49.8 Å². The van der Waals surface area contributed by atoms with Crippen LogP contribution < -0.4 is 5.32 Å². The van der Waals surface area contributed by atoms with Crippen LogP contribution in [0.5, 0.6) is 0 Å². The van der Waals surface area contributed by atoms with Crippen LogP contribution in [0.1, 0.15) is 29.8 Å². The third-order valence-electron chi connectivity index (χ3n) is 6.50. The molecule has 5 aromatic rings. The van der Waals surface area contributed by atoms with Crippen molar-refractivity contribution in [2.75, 3.05) is 25.0 Å². The molecule has 36 heavy (non-hydrogen) atoms. The number of rotatable bonds is 8. The lowest BCUT2D eigenvalue weighted by Gasteiger charge is -2.17. The molecule has 1 aromatic carbocycles. The standard InChI is InChI=1S/C27H28FN7O/c1-4-33(5-2)14-15-35-26-20(25(32-35)31-27(36)19-11-7-6-10-18(19)3)16-22(28)24(30-26)21-17-29-34-13-9-8-12-23(21)34/h6-13,16-17H,4-5,14-15H2,1-3H3,(H,31,32,36). The Labute approximate surface area is 208 Å². The number of anilines is 1. The summed E-state index contributed by atoms with van der Waals surface area (Å²) < 4.78 is 18.9. The lowest BCUT2D eigenvalue weighted by atomic mass is 10.1. The Hall–Kier alpha value is -4.11. The molecule has 5 rings (SSSR count). The summed E-state index contributed by atoms with van der Waals surface area (Å²) in [6.07, 6.45) is 3.42. The summed E-state index contributed by atoms with van der Waals surface area (Å²) in [5, 5.41) is 12.3. The molecule has 0 aliphatic carbocycles. The van der Waals surface area contributed by atoms with E-state index in [1.807, 2.05) is 49.5 Å². The first-order valence-corrected chi connectivity index (χ1v) is 12.1. The highest BCUT2D eigenvalue weighted by atomic mass is 19.1. The van der Waals surface area contributed by atoms with Crippen molar-refractivity contribution in [3.8, 4) is 11.3 Å². The Morgan fingerprint density at radius 3 is 2.67 bits per heavy atom. The van der Waals surface area contributed by atoms with E-state index in [-0.39, 0.29) is 17.4 Å². The highest BCUT2D eigenvalue weighted by Crippen LogP contribution is 2.31. The molecule has 1 amide bonds. The molecular weight excluding hydrogens is 457 g/mol. The second-order valence-electron chi connectivity index (χ2n) is 8.65. The van der Waals surface area contributed by atoms with Crippen LogP contribution in [0.3, 0.4) is 0 Å². The summed E-state index contributed by atoms with van der Waals surface area (Å²) in [6, 6.07) is 14.3. The van der Waals surface area contributed by atoms with Crippen molar-refractivity contribution in [1.29, 1.82) is 0 Å². The molecular formula is C27H28FN7O. The first-order valence-electron chi connectivity index (χ1n) is 12.1. The second-order valence-corrected chi connectivity index (χ2v) is 8.65. The van der Waals surface area contributed by atoms with Crippen molar-refractivity contribution in [2.24, 2.45) is 0 Å². The van der Waals surface area contributed by atoms with Gasteiger partial charge in [-0.2, -0.15) is 10.2 Å². The van der Waals surface area contributed by atoms with Gasteiger partial charge >= 0.3 is 0 Å². The molecule has 0 aliphatic rings. The molecule has 184 valence electrons. The van der Waals surface area contributed by atoms with E-state index in [0.29, 0.717) is 28.7 Å². The molecule has 8 nitrogen and oxygen atoms in total. The molecule has 1 N–H and O–H groups in total. The van der Waals surface area contributed by atoms with Crippen molar-refractivity contribution in [3.63, 3.8) is 0 Å². The Bertz CT molecular complexity index is 1550. The topological polar surface area (TPSA) is 80.4 Å². The smallest absolute Gasteiger partial charge is 0.257 e. The fourth-order valence-electron chi connectivity index (χ4n) is 4.40. The number of carbonyl (C=O) groups excluding carboxylic acids is 1. The van der Waals surface area contributed by atoms with Crippen LogP contribution in [0.4, 0.5) is 10.2 Å². The molecule has 0 fully saturated rings. The summed E-state index contributed by atoms with van der Waals surface area (Å²) in [5.74, 6) is -0.512. The first-order chi connectivity index (χ1) is 17.5. The van der Waals surface area contributed by atoms with E-state index in [2.05, 4.69) is 34.3 Å². The maximum Gasteiger partial charge on any atom is 0.257 e. The van der Waals surface area contributed by atoms with Crippen LogP contribution in [0.15, 0.2) is 60.9 Å². The zero-order valence-corrected chi connectivity index (χ0v) is 20.6. The lowest BCUT2D eigenvalue weighted by Crippen LogP contribution is -2.27. The molecule has 4 heterocycles. The van der Waals surface area contributed by atoms with Gasteiger partial charge in [0.05, 0.1) is 23.6 Å². The van der Waals surface area contributed by atoms with E-state index in [4.69, 9.17) is 4.98 Å². The maximum absolute atomic E-state index is 15.5. The van der Waals surface area contributed by atoms with Crippen molar-refractivity contribution in [2.45, 2.75) is 27.3 Å². The first kappa shape index (κ1) is 23.6. The van der Waals surface area contributed by atoms with Crippen LogP contribution in [-0.4, -0.2) is 54.8 Å². The maximum atomic E-state index is 15.5. The molecule has 0 spiro atoms. The average Bonchev–Trinajstić information content (AvgIpc) is 3.45. The number of hydrogen-bond acceptors (Lipinski definition) is 5. The number of nitrogens with zero attached hydrogens (tertiary/aromatic N) is 6. The number of nitrogens with one attached hydrogen (secondary N) is 1. The van der Waals surface area contributed by atoms with Gasteiger partial charge < -0.3 is 10.2 Å². The summed E-state index contributed by atoms with van der Waals surface area (Å²) in [6.45, 7) is 9.19. The third kappa shape index (κ3) is 4.33. The van der Waals surface area contributed by atoms with Crippen molar-refractivity contribution >= 4 is 28.3 Å². The number of carbonyl (C=O) groups is 1. The minimum Gasteiger partial charge on any atom is -0.304 e. The van der Waals surface area contributed by atoms with E-state index in [1.54, 1.807) is 21.5 Å². The molecule has 0 radical (unpaired) electrons. The van der Waals surface area contributed by atoms with Crippen LogP contribution in [-0.2, 0) is 6.54 Å². The quantitative estimate of drug-likeness (QED) is 0.342. The number of fused-ring (bicyclic) bond motifs is 2. The Kier molecular flexibility index (Phi) is 6.47. The van der Waals surface area contributed by atoms with Crippen molar-refractivity contribution in [1.82, 2.24) is 29.3 Å². The largest absolute Gasteiger partial charge is 0.304 e. The van der Waals surface area contributed by atoms with E-state index in [0.717, 1.165) is 30.7 Å². The van der Waals surface area contributed by atoms with Gasteiger partial charge in [0.1, 0.15) is 5.69 Å². The zero-order chi connectivity index (χ0) is 25.2. The Balaban J connectivity index is 1.60. The van der Waals surface area contributed by atoms with Crippen LogP contribution >= 0.6 is 0 Å². The summed E-state index contributed by atoms with van der Waals surface area (Å²) in [5.41, 5.74) is 3.45. The number of likely N-dealkylation sites (N-methyl/N-ethyl adjacent to an activating group) is 1. The van der Waals surface area contributed by atoms with Gasteiger partial charge in [-0.15, -0.1) is 0 Å². The molecule has 0 atom stereocenters. The minimum atomic E-state index is -0.504. The van der Waals surface area contributed by atoms with E-state index in [9.17, 15) is 4.79 Å². The fourth-order valence-corrected chi connectivity index (χ4v) is 4.40. The monoisotopic (exact) mass is 485 g/mol. The SMILES string of the molecule is CCN(CC)CCn1nc(NC(=O)c2ccccc2C)c2cc(F)c(-c3cnn4ccccc34)nc21. The molecule has 0 unspecified atom stereocenters. The third-order valence-corrected chi connectivity index (χ3v) is 6.50. The van der Waals surface area contributed by atoms with Gasteiger partial charge in [-0.1, -0.05) is 38.1 Å². The number of amides is 1. The number of hydrogen-bond donors (Lipinski definition) is 1. The van der Waals surface area contributed by atoms with E-state index < -0.39 is 5.82 Å². The zero-order valence-electron chi connectivity index (χ0n) is 20.6. The highest BCUT2D eigenvalue weighted by Gasteiger charge is 2.21. The van der Waals surface area contributed by atoms with Crippen molar-refractivity contribution < 1.29 is 9.18 Å². The molecule has 0 saturated carbocycles. The summed E-state index contributed by atoms with van der Waals surface area (Å²) >= 11 is 0. The van der Waals surface area contributed by atoms with Gasteiger partial charge in [-0.3, -0.25) is 4.79 Å². The average molecular weight is 486 g/mol. The Morgan fingerprint density at radius 1 is 1.11 bits per heavy atom. The van der Waals surface area contributed by atoms with Crippen LogP contribution in [0.25, 0.3) is 27.8 Å². The van der Waals surface area contributed by atoms with Gasteiger partial charge in [0.2, 0.25) is 0 Å². The number of aromatic nitrogens is 5. The van der Waals surface area contributed by atoms with Crippen molar-refractivity contribution in [3.05, 3.63) is 77.9 Å². The minimum absolute atomic E-state index is 0.199. The van der Waals surface area contributed by atoms with Gasteiger partial charge in [0, 0.05) is 23.9 Å². The lowest BCUT2D eigenvalue weighted by molar-refractivity contribution is 0.102. The molecule has 9 heteroatoms. The van der Waals surface area contributed by atoms with E-state index in [1.165, 1.54) is 6.07 Å². The van der Waals surface area contributed by atoms with Gasteiger partial charge in [0.15, 0.2) is 17.3 Å². The Morgan fingerprint density at radius 2 is 1.89 bits per heavy atom.